The van der Waals surface area contributed by atoms with E-state index in [-0.39, 0.29) is 17.0 Å². The number of nitrogens with two attached hydrogens (primary N) is 1. The van der Waals surface area contributed by atoms with Crippen molar-refractivity contribution in [1.29, 1.82) is 0 Å². The molecule has 0 unspecified atom stereocenters. The Morgan fingerprint density at radius 3 is 2.88 bits per heavy atom. The third-order valence-corrected chi connectivity index (χ3v) is 4.88. The lowest BCUT2D eigenvalue weighted by Gasteiger charge is -2.08. The molecule has 34 heavy (non-hydrogen) atoms. The summed E-state index contributed by atoms with van der Waals surface area (Å²) in [6.45, 7) is 3.42. The highest BCUT2D eigenvalue weighted by Gasteiger charge is 2.13. The highest BCUT2D eigenvalue weighted by atomic mass is 19.1. The molecule has 172 valence electrons. The van der Waals surface area contributed by atoms with Crippen molar-refractivity contribution in [2.45, 2.75) is 13.3 Å². The van der Waals surface area contributed by atoms with Gasteiger partial charge in [-0.25, -0.2) is 18.9 Å². The van der Waals surface area contributed by atoms with Crippen molar-refractivity contribution >= 4 is 17.4 Å². The molecule has 0 saturated carbocycles. The highest BCUT2D eigenvalue weighted by molar-refractivity contribution is 5.94. The minimum atomic E-state index is -0.550. The average molecular weight is 458 g/mol. The van der Waals surface area contributed by atoms with E-state index in [2.05, 4.69) is 32.2 Å². The zero-order valence-corrected chi connectivity index (χ0v) is 18.6. The van der Waals surface area contributed by atoms with Gasteiger partial charge in [0.15, 0.2) is 5.65 Å². The smallest absolute Gasteiger partial charge is 0.251 e. The van der Waals surface area contributed by atoms with Gasteiger partial charge < -0.3 is 15.8 Å². The van der Waals surface area contributed by atoms with E-state index in [1.807, 2.05) is 6.92 Å². The zero-order chi connectivity index (χ0) is 23.9. The van der Waals surface area contributed by atoms with Gasteiger partial charge in [-0.05, 0) is 42.8 Å². The Labute approximate surface area is 196 Å². The number of carbonyl (C=O) groups excluding carboxylic acids is 1. The van der Waals surface area contributed by atoms with E-state index < -0.39 is 5.82 Å². The van der Waals surface area contributed by atoms with Gasteiger partial charge >= 0.3 is 0 Å². The van der Waals surface area contributed by atoms with Gasteiger partial charge in [0.2, 0.25) is 0 Å². The lowest BCUT2D eigenvalue weighted by molar-refractivity contribution is 0.0915. The summed E-state index contributed by atoms with van der Waals surface area (Å²) in [5.41, 5.74) is 8.37. The molecular weight excluding hydrogens is 435 g/mol. The first-order valence-corrected chi connectivity index (χ1v) is 10.8. The SMILES string of the molecule is CCCOCCNC(=O)c1ccc(-c2ccn3ncc(C#Cc4ccnc(N)c4)c3n2)c(F)c1. The molecule has 4 aromatic rings. The molecule has 0 radical (unpaired) electrons. The number of halogens is 1. The second-order valence-corrected chi connectivity index (χ2v) is 7.42. The Morgan fingerprint density at radius 2 is 2.09 bits per heavy atom. The van der Waals surface area contributed by atoms with E-state index in [1.54, 1.807) is 47.4 Å². The van der Waals surface area contributed by atoms with Gasteiger partial charge in [0.05, 0.1) is 24.1 Å². The molecule has 3 heterocycles. The van der Waals surface area contributed by atoms with Gasteiger partial charge in [0.1, 0.15) is 11.6 Å². The molecule has 0 aliphatic heterocycles. The Bertz CT molecular complexity index is 1390. The van der Waals surface area contributed by atoms with E-state index in [0.717, 1.165) is 6.42 Å². The molecule has 0 aliphatic carbocycles. The predicted molar refractivity (Wildman–Crippen MR) is 126 cm³/mol. The lowest BCUT2D eigenvalue weighted by atomic mass is 10.1. The molecule has 3 N–H and O–H groups in total. The van der Waals surface area contributed by atoms with E-state index in [9.17, 15) is 9.18 Å². The summed E-state index contributed by atoms with van der Waals surface area (Å²) in [6, 6.07) is 9.39. The molecule has 0 fully saturated rings. The first kappa shape index (κ1) is 22.9. The van der Waals surface area contributed by atoms with Crippen molar-refractivity contribution in [2.24, 2.45) is 0 Å². The Balaban J connectivity index is 1.54. The molecule has 1 amide bonds. The number of hydrogen-bond acceptors (Lipinski definition) is 6. The van der Waals surface area contributed by atoms with E-state index in [0.29, 0.717) is 48.0 Å². The minimum absolute atomic E-state index is 0.227. The summed E-state index contributed by atoms with van der Waals surface area (Å²) in [7, 11) is 0. The van der Waals surface area contributed by atoms with Crippen molar-refractivity contribution in [3.63, 3.8) is 0 Å². The number of amides is 1. The minimum Gasteiger partial charge on any atom is -0.384 e. The van der Waals surface area contributed by atoms with Crippen molar-refractivity contribution in [1.82, 2.24) is 24.9 Å². The van der Waals surface area contributed by atoms with Crippen LogP contribution >= 0.6 is 0 Å². The number of rotatable bonds is 7. The van der Waals surface area contributed by atoms with Crippen LogP contribution in [0.15, 0.2) is 55.0 Å². The number of hydrogen-bond donors (Lipinski definition) is 2. The zero-order valence-electron chi connectivity index (χ0n) is 18.6. The fraction of sp³-hybridized carbons (Fsp3) is 0.200. The number of anilines is 1. The molecule has 0 saturated heterocycles. The van der Waals surface area contributed by atoms with Crippen LogP contribution in [0.3, 0.4) is 0 Å². The number of carbonyl (C=O) groups is 1. The predicted octanol–water partition coefficient (Wildman–Crippen LogP) is 3.07. The molecule has 8 nitrogen and oxygen atoms in total. The van der Waals surface area contributed by atoms with Crippen molar-refractivity contribution in [3.8, 4) is 23.1 Å². The van der Waals surface area contributed by atoms with Crippen LogP contribution in [0.1, 0.15) is 34.8 Å². The van der Waals surface area contributed by atoms with Crippen LogP contribution < -0.4 is 11.1 Å². The van der Waals surface area contributed by atoms with Crippen LogP contribution in [0.4, 0.5) is 10.2 Å². The maximum Gasteiger partial charge on any atom is 0.251 e. The summed E-state index contributed by atoms with van der Waals surface area (Å²) < 4.78 is 21.8. The van der Waals surface area contributed by atoms with Gasteiger partial charge in [-0.3, -0.25) is 4.79 Å². The summed E-state index contributed by atoms with van der Waals surface area (Å²) in [6.07, 6.45) is 5.77. The number of ether oxygens (including phenoxy) is 1. The standard InChI is InChI=1S/C25H23FN6O2/c1-2-12-34-13-10-29-25(33)18-5-6-20(21(26)15-18)22-8-11-32-24(31-22)19(16-30-32)4-3-17-7-9-28-23(27)14-17/h5-9,11,14-16H,2,10,12-13H2,1H3,(H2,27,28)(H,29,33). The lowest BCUT2D eigenvalue weighted by Crippen LogP contribution is -2.27. The van der Waals surface area contributed by atoms with E-state index >= 15 is 0 Å². The molecule has 3 aromatic heterocycles. The highest BCUT2D eigenvalue weighted by Crippen LogP contribution is 2.23. The second-order valence-electron chi connectivity index (χ2n) is 7.42. The van der Waals surface area contributed by atoms with Gasteiger partial charge in [0, 0.05) is 42.2 Å². The molecule has 1 aromatic carbocycles. The van der Waals surface area contributed by atoms with E-state index in [1.165, 1.54) is 12.1 Å². The monoisotopic (exact) mass is 458 g/mol. The topological polar surface area (TPSA) is 107 Å². The molecule has 0 spiro atoms. The van der Waals surface area contributed by atoms with Gasteiger partial charge in [-0.15, -0.1) is 0 Å². The van der Waals surface area contributed by atoms with Crippen LogP contribution in [-0.2, 0) is 4.74 Å². The summed E-state index contributed by atoms with van der Waals surface area (Å²) in [5, 5.41) is 6.97. The molecule has 9 heteroatoms. The van der Waals surface area contributed by atoms with Crippen LogP contribution in [-0.4, -0.2) is 45.2 Å². The molecule has 0 aliphatic rings. The summed E-state index contributed by atoms with van der Waals surface area (Å²) in [4.78, 5) is 20.8. The Kier molecular flexibility index (Phi) is 7.10. The number of nitrogens with one attached hydrogen (secondary N) is 1. The fourth-order valence-electron chi connectivity index (χ4n) is 3.22. The van der Waals surface area contributed by atoms with Crippen LogP contribution in [0.5, 0.6) is 0 Å². The first-order chi connectivity index (χ1) is 16.5. The number of pyridine rings is 1. The second kappa shape index (κ2) is 10.6. The number of aromatic nitrogens is 4. The van der Waals surface area contributed by atoms with Crippen LogP contribution in [0.2, 0.25) is 0 Å². The number of benzene rings is 1. The fourth-order valence-corrected chi connectivity index (χ4v) is 3.22. The molecular formula is C25H23FN6O2. The Hall–Kier alpha value is -4.29. The first-order valence-electron chi connectivity index (χ1n) is 10.8. The Morgan fingerprint density at radius 1 is 1.21 bits per heavy atom. The van der Waals surface area contributed by atoms with Crippen molar-refractivity contribution in [3.05, 3.63) is 77.5 Å². The third-order valence-electron chi connectivity index (χ3n) is 4.88. The maximum absolute atomic E-state index is 14.9. The van der Waals surface area contributed by atoms with Gasteiger partial charge in [-0.1, -0.05) is 18.8 Å². The maximum atomic E-state index is 14.9. The van der Waals surface area contributed by atoms with Crippen molar-refractivity contribution < 1.29 is 13.9 Å². The third kappa shape index (κ3) is 5.36. The van der Waals surface area contributed by atoms with Gasteiger partial charge in [-0.2, -0.15) is 5.10 Å². The molecule has 4 rings (SSSR count). The van der Waals surface area contributed by atoms with E-state index in [4.69, 9.17) is 10.5 Å². The molecule has 0 atom stereocenters. The number of nitrogens with zero attached hydrogens (tertiary/aromatic N) is 4. The number of fused-ring (bicyclic) bond motifs is 1. The molecule has 0 bridgehead atoms. The summed E-state index contributed by atoms with van der Waals surface area (Å²) in [5.74, 6) is 5.50. The number of nitrogen functional groups attached to an aromatic ring is 1. The van der Waals surface area contributed by atoms with Crippen LogP contribution in [0, 0.1) is 17.7 Å². The average Bonchev–Trinajstić information content (AvgIpc) is 3.24. The quantitative estimate of drug-likeness (QED) is 0.326. The van der Waals surface area contributed by atoms with Crippen LogP contribution in [0.25, 0.3) is 16.9 Å². The van der Waals surface area contributed by atoms with Crippen molar-refractivity contribution in [2.75, 3.05) is 25.5 Å². The van der Waals surface area contributed by atoms with Gasteiger partial charge in [0.25, 0.3) is 5.91 Å². The normalized spacial score (nSPS) is 10.6. The summed E-state index contributed by atoms with van der Waals surface area (Å²) >= 11 is 0. The largest absolute Gasteiger partial charge is 0.384 e.